The Labute approximate surface area is 285 Å². The van der Waals surface area contributed by atoms with Gasteiger partial charge in [0.2, 0.25) is 5.91 Å². The van der Waals surface area contributed by atoms with Gasteiger partial charge in [-0.2, -0.15) is 0 Å². The van der Waals surface area contributed by atoms with Crippen LogP contribution in [0.5, 0.6) is 0 Å². The second kappa shape index (κ2) is 16.8. The summed E-state index contributed by atoms with van der Waals surface area (Å²) in [4.78, 5) is 41.2. The first-order chi connectivity index (χ1) is 22.6. The van der Waals surface area contributed by atoms with Crippen LogP contribution in [-0.2, 0) is 37.4 Å². The average molecular weight is 701 g/mol. The van der Waals surface area contributed by atoms with Gasteiger partial charge in [0.1, 0.15) is 12.6 Å². The highest BCUT2D eigenvalue weighted by molar-refractivity contribution is 7.92. The molecule has 3 rings (SSSR count). The number of guanidine groups is 1. The SMILES string of the molecule is Cc1ccc(S(=O)(=O)N(CC(=O)NCc2cccc(CC(C)C(=O)O)c2NC(CCCN=C(N)N)C(=O)O)c2cccc(Cl)c2C)cc1. The molecule has 13 nitrogen and oxygen atoms in total. The Kier molecular flexibility index (Phi) is 13.2. The van der Waals surface area contributed by atoms with Crippen LogP contribution in [0.4, 0.5) is 11.4 Å². The summed E-state index contributed by atoms with van der Waals surface area (Å²) in [6.07, 6.45) is 0.567. The number of nitrogens with zero attached hydrogens (tertiary/aromatic N) is 2. The topological polar surface area (TPSA) is 218 Å². The van der Waals surface area contributed by atoms with Gasteiger partial charge in [-0.15, -0.1) is 0 Å². The summed E-state index contributed by atoms with van der Waals surface area (Å²) in [7, 11) is -4.21. The number of hydrogen-bond acceptors (Lipinski definition) is 7. The van der Waals surface area contributed by atoms with Crippen molar-refractivity contribution in [3.8, 4) is 0 Å². The van der Waals surface area contributed by atoms with Gasteiger partial charge in [0.15, 0.2) is 5.96 Å². The predicted molar refractivity (Wildman–Crippen MR) is 186 cm³/mol. The summed E-state index contributed by atoms with van der Waals surface area (Å²) >= 11 is 6.33. The lowest BCUT2D eigenvalue weighted by Crippen LogP contribution is -2.41. The molecular weight excluding hydrogens is 660 g/mol. The second-order valence-corrected chi connectivity index (χ2v) is 13.6. The van der Waals surface area contributed by atoms with Crippen LogP contribution in [0.2, 0.25) is 5.02 Å². The number of nitrogens with one attached hydrogen (secondary N) is 2. The Morgan fingerprint density at radius 1 is 0.958 bits per heavy atom. The number of amides is 1. The van der Waals surface area contributed by atoms with Gasteiger partial charge >= 0.3 is 11.9 Å². The van der Waals surface area contributed by atoms with Crippen molar-refractivity contribution in [2.24, 2.45) is 22.4 Å². The highest BCUT2D eigenvalue weighted by atomic mass is 35.5. The number of aryl methyl sites for hydroxylation is 1. The Bertz CT molecular complexity index is 1760. The molecule has 0 aliphatic heterocycles. The van der Waals surface area contributed by atoms with Crippen molar-refractivity contribution in [2.45, 2.75) is 57.5 Å². The van der Waals surface area contributed by atoms with Crippen molar-refractivity contribution in [1.82, 2.24) is 5.32 Å². The quantitative estimate of drug-likeness (QED) is 0.0682. The van der Waals surface area contributed by atoms with E-state index in [-0.39, 0.29) is 42.5 Å². The number of rotatable bonds is 17. The third-order valence-corrected chi connectivity index (χ3v) is 9.81. The number of carbonyl (C=O) groups excluding carboxylic acids is 1. The van der Waals surface area contributed by atoms with Crippen LogP contribution in [0.1, 0.15) is 42.0 Å². The fraction of sp³-hybridized carbons (Fsp3) is 0.333. The molecule has 2 unspecified atom stereocenters. The van der Waals surface area contributed by atoms with Crippen molar-refractivity contribution < 1.29 is 33.0 Å². The molecule has 1 amide bonds. The van der Waals surface area contributed by atoms with E-state index in [1.165, 1.54) is 19.1 Å². The number of carbonyl (C=O) groups is 3. The molecule has 48 heavy (non-hydrogen) atoms. The van der Waals surface area contributed by atoms with E-state index in [4.69, 9.17) is 23.1 Å². The molecule has 0 bridgehead atoms. The van der Waals surface area contributed by atoms with Crippen molar-refractivity contribution in [3.63, 3.8) is 0 Å². The first-order valence-electron chi connectivity index (χ1n) is 15.1. The third kappa shape index (κ3) is 10.1. The summed E-state index contributed by atoms with van der Waals surface area (Å²) < 4.78 is 28.7. The molecule has 0 heterocycles. The second-order valence-electron chi connectivity index (χ2n) is 11.4. The highest BCUT2D eigenvalue weighted by Gasteiger charge is 2.29. The lowest BCUT2D eigenvalue weighted by Gasteiger charge is -2.26. The number of carboxylic acid groups (broad SMARTS) is 2. The van der Waals surface area contributed by atoms with Gasteiger partial charge < -0.3 is 32.3 Å². The zero-order valence-electron chi connectivity index (χ0n) is 26.9. The smallest absolute Gasteiger partial charge is 0.326 e. The van der Waals surface area contributed by atoms with Gasteiger partial charge in [0.05, 0.1) is 16.5 Å². The molecule has 0 saturated carbocycles. The number of hydrogen-bond donors (Lipinski definition) is 6. The Balaban J connectivity index is 1.93. The fourth-order valence-corrected chi connectivity index (χ4v) is 6.54. The van der Waals surface area contributed by atoms with Crippen LogP contribution in [0.3, 0.4) is 0 Å². The van der Waals surface area contributed by atoms with Gasteiger partial charge in [-0.3, -0.25) is 18.9 Å². The van der Waals surface area contributed by atoms with E-state index in [1.54, 1.807) is 55.5 Å². The Morgan fingerprint density at radius 3 is 2.23 bits per heavy atom. The van der Waals surface area contributed by atoms with Crippen LogP contribution in [0.15, 0.2) is 70.6 Å². The lowest BCUT2D eigenvalue weighted by molar-refractivity contribution is -0.141. The first kappa shape index (κ1) is 37.6. The largest absolute Gasteiger partial charge is 0.481 e. The molecule has 3 aromatic carbocycles. The minimum absolute atomic E-state index is 0.00781. The molecule has 0 saturated heterocycles. The van der Waals surface area contributed by atoms with Crippen LogP contribution >= 0.6 is 11.6 Å². The number of carboxylic acids is 2. The number of aliphatic carboxylic acids is 2. The number of benzene rings is 3. The van der Waals surface area contributed by atoms with Crippen LogP contribution in [-0.4, -0.2) is 61.6 Å². The molecule has 0 radical (unpaired) electrons. The monoisotopic (exact) mass is 700 g/mol. The predicted octanol–water partition coefficient (Wildman–Crippen LogP) is 3.65. The molecule has 2 atom stereocenters. The maximum Gasteiger partial charge on any atom is 0.326 e. The van der Waals surface area contributed by atoms with E-state index in [1.807, 2.05) is 6.92 Å². The number of aliphatic imine (C=N–C) groups is 1. The summed E-state index contributed by atoms with van der Waals surface area (Å²) in [5, 5.41) is 25.6. The summed E-state index contributed by atoms with van der Waals surface area (Å²) in [5.41, 5.74) is 13.7. The Hall–Kier alpha value is -4.82. The van der Waals surface area contributed by atoms with Crippen molar-refractivity contribution in [2.75, 3.05) is 22.7 Å². The van der Waals surface area contributed by atoms with E-state index >= 15 is 0 Å². The van der Waals surface area contributed by atoms with Crippen molar-refractivity contribution >= 4 is 56.8 Å². The van der Waals surface area contributed by atoms with Crippen LogP contribution < -0.4 is 26.4 Å². The minimum Gasteiger partial charge on any atom is -0.481 e. The molecule has 3 aromatic rings. The molecule has 15 heteroatoms. The summed E-state index contributed by atoms with van der Waals surface area (Å²) in [5.74, 6) is -3.73. The van der Waals surface area contributed by atoms with Crippen LogP contribution in [0.25, 0.3) is 0 Å². The Morgan fingerprint density at radius 2 is 1.60 bits per heavy atom. The number of sulfonamides is 1. The van der Waals surface area contributed by atoms with Crippen LogP contribution in [0, 0.1) is 19.8 Å². The molecule has 0 aliphatic rings. The number of nitrogens with two attached hydrogens (primary N) is 2. The van der Waals surface area contributed by atoms with Gasteiger partial charge in [-0.1, -0.05) is 60.5 Å². The normalized spacial score (nSPS) is 12.4. The highest BCUT2D eigenvalue weighted by Crippen LogP contribution is 2.31. The number of para-hydroxylation sites is 1. The van der Waals surface area contributed by atoms with Gasteiger partial charge in [-0.05, 0) is 74.1 Å². The molecule has 0 fully saturated rings. The van der Waals surface area contributed by atoms with E-state index in [9.17, 15) is 33.0 Å². The number of halogens is 1. The average Bonchev–Trinajstić information content (AvgIpc) is 3.02. The zero-order chi connectivity index (χ0) is 35.6. The van der Waals surface area contributed by atoms with E-state index in [0.29, 0.717) is 33.8 Å². The minimum atomic E-state index is -4.21. The molecule has 0 aliphatic carbocycles. The van der Waals surface area contributed by atoms with E-state index in [2.05, 4.69) is 15.6 Å². The number of anilines is 2. The molecule has 0 aromatic heterocycles. The van der Waals surface area contributed by atoms with E-state index in [0.717, 1.165) is 9.87 Å². The summed E-state index contributed by atoms with van der Waals surface area (Å²) in [6.45, 7) is 4.52. The molecule has 8 N–H and O–H groups in total. The summed E-state index contributed by atoms with van der Waals surface area (Å²) in [6, 6.07) is 15.0. The lowest BCUT2D eigenvalue weighted by atomic mass is 9.96. The van der Waals surface area contributed by atoms with Gasteiger partial charge in [0, 0.05) is 23.8 Å². The third-order valence-electron chi connectivity index (χ3n) is 7.63. The molecule has 258 valence electrons. The maximum atomic E-state index is 13.9. The van der Waals surface area contributed by atoms with Crippen molar-refractivity contribution in [3.05, 3.63) is 87.9 Å². The fourth-order valence-electron chi connectivity index (χ4n) is 4.89. The molecular formula is C33H41ClN6O7S. The van der Waals surface area contributed by atoms with Crippen molar-refractivity contribution in [1.29, 1.82) is 0 Å². The standard InChI is InChI=1S/C33H41ClN6O7S/c1-20-12-14-25(15-13-20)48(46,47)40(28-11-5-9-26(34)22(28)3)19-29(41)38-18-24-8-4-7-23(17-21(2)31(42)43)30(24)39-27(32(44)45)10-6-16-37-33(35)36/h4-5,7-9,11-15,21,27,39H,6,10,16-19H2,1-3H3,(H,38,41)(H,42,43)(H,44,45)(H4,35,36,37). The first-order valence-corrected chi connectivity index (χ1v) is 16.9. The van der Waals surface area contributed by atoms with Gasteiger partial charge in [-0.25, -0.2) is 13.2 Å². The van der Waals surface area contributed by atoms with E-state index < -0.39 is 46.4 Å². The maximum absolute atomic E-state index is 13.9. The zero-order valence-corrected chi connectivity index (χ0v) is 28.5. The molecule has 0 spiro atoms. The van der Waals surface area contributed by atoms with Gasteiger partial charge in [0.25, 0.3) is 10.0 Å².